The molecule has 6 nitrogen and oxygen atoms in total. The third-order valence-electron chi connectivity index (χ3n) is 5.34. The Hall–Kier alpha value is -1.64. The molecule has 1 N–H and O–H groups in total. The first-order valence-electron chi connectivity index (χ1n) is 10.1. The number of hydrogen-bond acceptors (Lipinski definition) is 7. The van der Waals surface area contributed by atoms with Gasteiger partial charge in [0.25, 0.3) is 10.0 Å². The summed E-state index contributed by atoms with van der Waals surface area (Å²) in [6.45, 7) is 3.68. The normalized spacial score (nSPS) is 18.6. The summed E-state index contributed by atoms with van der Waals surface area (Å²) in [6, 6.07) is 6.64. The maximum absolute atomic E-state index is 13.2. The highest BCUT2D eigenvalue weighted by Gasteiger charge is 2.51. The van der Waals surface area contributed by atoms with Crippen LogP contribution in [0, 0.1) is 0 Å². The van der Waals surface area contributed by atoms with E-state index in [4.69, 9.17) is 11.6 Å². The summed E-state index contributed by atoms with van der Waals surface area (Å²) in [7, 11) is -3.92. The van der Waals surface area contributed by atoms with Crippen LogP contribution >= 0.6 is 46.0 Å². The molecule has 1 saturated heterocycles. The zero-order valence-electron chi connectivity index (χ0n) is 18.3. The number of aromatic nitrogens is 1. The molecule has 3 heterocycles. The van der Waals surface area contributed by atoms with Crippen LogP contribution in [0.2, 0.25) is 4.34 Å². The first kappa shape index (κ1) is 26.4. The lowest BCUT2D eigenvalue weighted by Crippen LogP contribution is -2.52. The van der Waals surface area contributed by atoms with E-state index in [9.17, 15) is 26.4 Å². The van der Waals surface area contributed by atoms with Crippen molar-refractivity contribution in [3.05, 3.63) is 56.7 Å². The van der Waals surface area contributed by atoms with Crippen molar-refractivity contribution in [3.63, 3.8) is 0 Å². The van der Waals surface area contributed by atoms with Gasteiger partial charge in [0.05, 0.1) is 28.0 Å². The number of thiazole rings is 1. The van der Waals surface area contributed by atoms with E-state index in [1.54, 1.807) is 5.38 Å². The molecule has 1 amide bonds. The molecule has 0 radical (unpaired) electrons. The topological polar surface area (TPSA) is 79.4 Å². The first-order valence-corrected chi connectivity index (χ1v) is 14.6. The number of thiophene rings is 1. The smallest absolute Gasteiger partial charge is 0.348 e. The Morgan fingerprint density at radius 2 is 1.91 bits per heavy atom. The Bertz CT molecular complexity index is 1340. The molecular weight excluding hydrogens is 563 g/mol. The van der Waals surface area contributed by atoms with Crippen molar-refractivity contribution in [1.29, 1.82) is 0 Å². The highest BCUT2D eigenvalue weighted by Crippen LogP contribution is 2.43. The van der Waals surface area contributed by atoms with Gasteiger partial charge >= 0.3 is 6.18 Å². The molecule has 0 aliphatic carbocycles. The number of halogens is 4. The highest BCUT2D eigenvalue weighted by molar-refractivity contribution is 8.02. The van der Waals surface area contributed by atoms with Gasteiger partial charge in [0, 0.05) is 15.7 Å². The monoisotopic (exact) mass is 581 g/mol. The predicted molar refractivity (Wildman–Crippen MR) is 133 cm³/mol. The summed E-state index contributed by atoms with van der Waals surface area (Å²) >= 11 is 9.46. The molecule has 1 atom stereocenters. The maximum atomic E-state index is 13.2. The van der Waals surface area contributed by atoms with E-state index in [0.29, 0.717) is 20.6 Å². The van der Waals surface area contributed by atoms with E-state index in [0.717, 1.165) is 23.5 Å². The lowest BCUT2D eigenvalue weighted by molar-refractivity contribution is -0.137. The molecule has 188 valence electrons. The summed E-state index contributed by atoms with van der Waals surface area (Å²) in [6.07, 6.45) is -4.42. The van der Waals surface area contributed by atoms with Crippen molar-refractivity contribution >= 4 is 62.0 Å². The molecule has 35 heavy (non-hydrogen) atoms. The van der Waals surface area contributed by atoms with Crippen LogP contribution in [0.5, 0.6) is 0 Å². The van der Waals surface area contributed by atoms with Gasteiger partial charge in [-0.15, -0.1) is 34.4 Å². The second kappa shape index (κ2) is 9.67. The second-order valence-electron chi connectivity index (χ2n) is 8.15. The Morgan fingerprint density at radius 3 is 2.51 bits per heavy atom. The molecular formula is C21H19ClF3N3O3S4. The van der Waals surface area contributed by atoms with Crippen LogP contribution in [0.25, 0.3) is 11.3 Å². The highest BCUT2D eigenvalue weighted by atomic mass is 35.5. The van der Waals surface area contributed by atoms with Crippen molar-refractivity contribution in [2.45, 2.75) is 41.6 Å². The number of sulfonamides is 1. The minimum Gasteiger partial charge on any atom is -0.348 e. The van der Waals surface area contributed by atoms with Crippen molar-refractivity contribution in [2.75, 3.05) is 5.88 Å². The molecule has 1 aromatic carbocycles. The van der Waals surface area contributed by atoms with Crippen molar-refractivity contribution in [2.24, 2.45) is 0 Å². The van der Waals surface area contributed by atoms with Crippen LogP contribution in [0.3, 0.4) is 0 Å². The number of carbonyl (C=O) groups is 1. The van der Waals surface area contributed by atoms with Crippen molar-refractivity contribution < 1.29 is 26.4 Å². The summed E-state index contributed by atoms with van der Waals surface area (Å²) in [4.78, 5) is 17.6. The van der Waals surface area contributed by atoms with Gasteiger partial charge in [-0.2, -0.15) is 17.5 Å². The molecule has 0 spiro atoms. The second-order valence-corrected chi connectivity index (χ2v) is 14.5. The van der Waals surface area contributed by atoms with Gasteiger partial charge in [0.15, 0.2) is 0 Å². The Morgan fingerprint density at radius 1 is 1.23 bits per heavy atom. The van der Waals surface area contributed by atoms with E-state index in [1.807, 2.05) is 13.8 Å². The van der Waals surface area contributed by atoms with Gasteiger partial charge in [-0.25, -0.2) is 13.4 Å². The molecule has 1 aliphatic heterocycles. The molecule has 4 rings (SSSR count). The Kier molecular flexibility index (Phi) is 7.30. The number of nitrogens with one attached hydrogen (secondary N) is 1. The number of thioether (sulfide) groups is 1. The predicted octanol–water partition coefficient (Wildman–Crippen LogP) is 5.70. The van der Waals surface area contributed by atoms with Gasteiger partial charge in [0.1, 0.15) is 15.3 Å². The van der Waals surface area contributed by atoms with Crippen molar-refractivity contribution in [3.8, 4) is 11.3 Å². The molecule has 2 aromatic heterocycles. The molecule has 0 unspecified atom stereocenters. The number of benzene rings is 1. The number of alkyl halides is 3. The van der Waals surface area contributed by atoms with Gasteiger partial charge < -0.3 is 5.32 Å². The van der Waals surface area contributed by atoms with E-state index in [1.165, 1.54) is 51.7 Å². The average Bonchev–Trinajstić information content (AvgIpc) is 3.50. The van der Waals surface area contributed by atoms with Crippen LogP contribution in [0.4, 0.5) is 13.2 Å². The summed E-state index contributed by atoms with van der Waals surface area (Å²) in [5.41, 5.74) is 0.265. The third-order valence-corrected chi connectivity index (χ3v) is 11.2. The molecule has 1 fully saturated rings. The minimum absolute atomic E-state index is 0.0557. The van der Waals surface area contributed by atoms with Gasteiger partial charge in [-0.05, 0) is 38.1 Å². The lowest BCUT2D eigenvalue weighted by atomic mass is 10.0. The number of rotatable bonds is 6. The van der Waals surface area contributed by atoms with Crippen molar-refractivity contribution in [1.82, 2.24) is 14.6 Å². The number of hydrogen-bond donors (Lipinski definition) is 1. The lowest BCUT2D eigenvalue weighted by Gasteiger charge is -2.29. The first-order chi connectivity index (χ1) is 16.3. The molecule has 3 aromatic rings. The molecule has 0 saturated carbocycles. The van der Waals surface area contributed by atoms with Crippen LogP contribution < -0.4 is 5.32 Å². The number of amides is 1. The van der Waals surface area contributed by atoms with E-state index < -0.39 is 38.5 Å². The quantitative estimate of drug-likeness (QED) is 0.404. The van der Waals surface area contributed by atoms with E-state index >= 15 is 0 Å². The van der Waals surface area contributed by atoms with Crippen LogP contribution in [-0.2, 0) is 27.5 Å². The SMILES string of the molecule is CC1(C)SCN(S(=O)(=O)c2ccc(Cl)s2)[C@@H]1C(=O)NCc1nc(-c2ccc(C(F)(F)F)cc2)cs1. The molecule has 14 heteroatoms. The summed E-state index contributed by atoms with van der Waals surface area (Å²) < 4.78 is 65.6. The molecule has 1 aliphatic rings. The number of nitrogens with zero attached hydrogens (tertiary/aromatic N) is 2. The Labute approximate surface area is 217 Å². The fourth-order valence-corrected chi connectivity index (χ4v) is 9.07. The van der Waals surface area contributed by atoms with Gasteiger partial charge in [0.2, 0.25) is 5.91 Å². The Balaban J connectivity index is 1.47. The fourth-order valence-electron chi connectivity index (χ4n) is 3.55. The van der Waals surface area contributed by atoms with Gasteiger partial charge in [-0.1, -0.05) is 23.7 Å². The largest absolute Gasteiger partial charge is 0.416 e. The third kappa shape index (κ3) is 5.54. The maximum Gasteiger partial charge on any atom is 0.416 e. The summed E-state index contributed by atoms with van der Waals surface area (Å²) in [5, 5.41) is 5.00. The average molecular weight is 582 g/mol. The zero-order chi connectivity index (χ0) is 25.6. The fraction of sp³-hybridized carbons (Fsp3) is 0.333. The van der Waals surface area contributed by atoms with Crippen LogP contribution in [-0.4, -0.2) is 40.3 Å². The number of carbonyl (C=O) groups excluding carboxylic acids is 1. The van der Waals surface area contributed by atoms with Gasteiger partial charge in [-0.3, -0.25) is 4.79 Å². The molecule has 0 bridgehead atoms. The minimum atomic E-state index is -4.42. The van der Waals surface area contributed by atoms with Crippen LogP contribution in [0.15, 0.2) is 46.0 Å². The van der Waals surface area contributed by atoms with E-state index in [2.05, 4.69) is 10.3 Å². The van der Waals surface area contributed by atoms with E-state index in [-0.39, 0.29) is 16.6 Å². The van der Waals surface area contributed by atoms with Crippen LogP contribution in [0.1, 0.15) is 24.4 Å². The zero-order valence-corrected chi connectivity index (χ0v) is 22.3. The standard InChI is InChI=1S/C21H19ClF3N3O3S4/c1-20(2)18(28(11-33-20)35(30,31)17-8-7-15(22)34-17)19(29)26-9-16-27-14(10-32-16)12-3-5-13(6-4-12)21(23,24)25/h3-8,10,18H,9,11H2,1-2H3,(H,26,29)/t18-/m1/s1. The summed E-state index contributed by atoms with van der Waals surface area (Å²) in [5.74, 6) is -0.337.